The minimum atomic E-state index is -3.71. The predicted octanol–water partition coefficient (Wildman–Crippen LogP) is 2.89. The van der Waals surface area contributed by atoms with Gasteiger partial charge in [-0.25, -0.2) is 9.18 Å². The Morgan fingerprint density at radius 1 is 1.35 bits per heavy atom. The summed E-state index contributed by atoms with van der Waals surface area (Å²) in [6.45, 7) is 6.38. The maximum atomic E-state index is 14.0. The summed E-state index contributed by atoms with van der Waals surface area (Å²) in [5.74, 6) is -0.607. The largest absolute Gasteiger partial charge is 0.444 e. The van der Waals surface area contributed by atoms with E-state index >= 15 is 0 Å². The van der Waals surface area contributed by atoms with Crippen LogP contribution < -0.4 is 5.32 Å². The van der Waals surface area contributed by atoms with Gasteiger partial charge in [0.2, 0.25) is 0 Å². The van der Waals surface area contributed by atoms with E-state index in [4.69, 9.17) is 4.74 Å². The van der Waals surface area contributed by atoms with Crippen molar-refractivity contribution in [1.29, 1.82) is 0 Å². The van der Waals surface area contributed by atoms with Crippen LogP contribution >= 0.6 is 0 Å². The van der Waals surface area contributed by atoms with Crippen molar-refractivity contribution in [3.8, 4) is 0 Å². The molecular weight excluding hydrogens is 325 g/mol. The summed E-state index contributed by atoms with van der Waals surface area (Å²) in [5.41, 5.74) is -0.172. The van der Waals surface area contributed by atoms with Crippen molar-refractivity contribution in [2.45, 2.75) is 45.9 Å². The highest BCUT2D eigenvalue weighted by Gasteiger charge is 2.21. The molecule has 0 fully saturated rings. The van der Waals surface area contributed by atoms with Gasteiger partial charge in [0.1, 0.15) is 11.4 Å². The summed E-state index contributed by atoms with van der Waals surface area (Å²) >= 11 is 0. The van der Waals surface area contributed by atoms with Gasteiger partial charge < -0.3 is 10.1 Å². The van der Waals surface area contributed by atoms with E-state index in [1.54, 1.807) is 33.8 Å². The Hall–Kier alpha value is -1.67. The van der Waals surface area contributed by atoms with Crippen LogP contribution in [-0.4, -0.2) is 26.4 Å². The number of nitrogens with one attached hydrogen (secondary N) is 1. The number of hydrogen-bond donors (Lipinski definition) is 1. The predicted molar refractivity (Wildman–Crippen MR) is 83.8 cm³/mol. The molecule has 0 aromatic heterocycles. The second-order valence-electron chi connectivity index (χ2n) is 6.14. The summed E-state index contributed by atoms with van der Waals surface area (Å²) in [7, 11) is -3.71. The van der Waals surface area contributed by atoms with E-state index in [2.05, 4.69) is 9.50 Å². The van der Waals surface area contributed by atoms with Crippen LogP contribution in [0.3, 0.4) is 0 Å². The highest BCUT2D eigenvalue weighted by molar-refractivity contribution is 7.85. The van der Waals surface area contributed by atoms with Crippen LogP contribution in [0.5, 0.6) is 0 Å². The van der Waals surface area contributed by atoms with Crippen LogP contribution in [0.25, 0.3) is 0 Å². The Bertz CT molecular complexity index is 667. The minimum absolute atomic E-state index is 0.0708. The number of ether oxygens (including phenoxy) is 1. The second-order valence-corrected chi connectivity index (χ2v) is 7.79. The number of carbonyl (C=O) groups excluding carboxylic acids is 1. The van der Waals surface area contributed by atoms with Gasteiger partial charge in [-0.05, 0) is 39.3 Å². The lowest BCUT2D eigenvalue weighted by Crippen LogP contribution is -2.34. The van der Waals surface area contributed by atoms with Crippen molar-refractivity contribution in [2.75, 3.05) is 6.26 Å². The zero-order valence-corrected chi connectivity index (χ0v) is 14.7. The molecule has 130 valence electrons. The zero-order valence-electron chi connectivity index (χ0n) is 13.8. The van der Waals surface area contributed by atoms with Crippen molar-refractivity contribution in [2.24, 2.45) is 0 Å². The lowest BCUT2D eigenvalue weighted by atomic mass is 10.0. The number of benzene rings is 1. The molecule has 1 N–H and O–H groups in total. The summed E-state index contributed by atoms with van der Waals surface area (Å²) in [5, 5.41) is 2.58. The summed E-state index contributed by atoms with van der Waals surface area (Å²) in [4.78, 5) is 11.8. The molecule has 0 aliphatic heterocycles. The Morgan fingerprint density at radius 3 is 2.48 bits per heavy atom. The number of halogens is 1. The topological polar surface area (TPSA) is 81.7 Å². The first-order chi connectivity index (χ1) is 10.4. The van der Waals surface area contributed by atoms with Crippen molar-refractivity contribution in [1.82, 2.24) is 5.32 Å². The number of rotatable bonds is 5. The standard InChI is InChI=1S/C15H22FNO5S/c1-10(17-14(18)22-15(2,3)4)11-7-6-8-13(16)12(11)9-21-23(5,19)20/h6-8,10H,9H2,1-5H3,(H,17,18). The SMILES string of the molecule is CC(NC(=O)OC(C)(C)C)c1cccc(F)c1COS(C)(=O)=O. The van der Waals surface area contributed by atoms with Gasteiger partial charge in [-0.15, -0.1) is 0 Å². The Morgan fingerprint density at radius 2 is 1.96 bits per heavy atom. The summed E-state index contributed by atoms with van der Waals surface area (Å²) in [6.07, 6.45) is 0.236. The van der Waals surface area contributed by atoms with E-state index in [1.165, 1.54) is 12.1 Å². The number of amides is 1. The Kier molecular flexibility index (Phi) is 6.12. The number of alkyl carbamates (subject to hydrolysis) is 1. The molecule has 1 aromatic carbocycles. The molecule has 0 bridgehead atoms. The molecule has 6 nitrogen and oxygen atoms in total. The minimum Gasteiger partial charge on any atom is -0.444 e. The maximum absolute atomic E-state index is 14.0. The lowest BCUT2D eigenvalue weighted by molar-refractivity contribution is 0.0507. The van der Waals surface area contributed by atoms with Crippen molar-refractivity contribution >= 4 is 16.2 Å². The van der Waals surface area contributed by atoms with Gasteiger partial charge in [0.25, 0.3) is 10.1 Å². The molecule has 0 radical (unpaired) electrons. The van der Waals surface area contributed by atoms with Crippen LogP contribution in [-0.2, 0) is 25.6 Å². The third-order valence-corrected chi connectivity index (χ3v) is 3.32. The van der Waals surface area contributed by atoms with E-state index in [0.29, 0.717) is 5.56 Å². The molecule has 0 spiro atoms. The first-order valence-corrected chi connectivity index (χ1v) is 8.82. The van der Waals surface area contributed by atoms with E-state index in [1.807, 2.05) is 0 Å². The van der Waals surface area contributed by atoms with Gasteiger partial charge in [-0.2, -0.15) is 8.42 Å². The molecule has 1 rings (SSSR count). The average molecular weight is 347 g/mol. The fourth-order valence-corrected chi connectivity index (χ4v) is 2.19. The molecule has 1 amide bonds. The van der Waals surface area contributed by atoms with Crippen LogP contribution in [0.2, 0.25) is 0 Å². The van der Waals surface area contributed by atoms with Crippen LogP contribution in [0.15, 0.2) is 18.2 Å². The van der Waals surface area contributed by atoms with E-state index in [0.717, 1.165) is 6.26 Å². The summed E-state index contributed by atoms with van der Waals surface area (Å²) in [6, 6.07) is 3.68. The number of hydrogen-bond acceptors (Lipinski definition) is 5. The van der Waals surface area contributed by atoms with E-state index in [-0.39, 0.29) is 5.56 Å². The number of carbonyl (C=O) groups is 1. The Balaban J connectivity index is 2.94. The monoisotopic (exact) mass is 347 g/mol. The molecule has 0 saturated heterocycles. The molecule has 8 heteroatoms. The second kappa shape index (κ2) is 7.27. The normalized spacial score (nSPS) is 13.5. The highest BCUT2D eigenvalue weighted by Crippen LogP contribution is 2.22. The van der Waals surface area contributed by atoms with Gasteiger partial charge in [0, 0.05) is 5.56 Å². The molecule has 0 saturated carbocycles. The molecule has 1 unspecified atom stereocenters. The van der Waals surface area contributed by atoms with Crippen LogP contribution in [0.4, 0.5) is 9.18 Å². The first-order valence-electron chi connectivity index (χ1n) is 7.00. The van der Waals surface area contributed by atoms with Gasteiger partial charge in [-0.1, -0.05) is 12.1 Å². The molecular formula is C15H22FNO5S. The fraction of sp³-hybridized carbons (Fsp3) is 0.533. The third-order valence-electron chi connectivity index (χ3n) is 2.77. The molecule has 23 heavy (non-hydrogen) atoms. The van der Waals surface area contributed by atoms with Gasteiger partial charge in [0.05, 0.1) is 18.9 Å². The van der Waals surface area contributed by atoms with Crippen molar-refractivity contribution < 1.29 is 26.5 Å². The highest BCUT2D eigenvalue weighted by atomic mass is 32.2. The molecule has 0 heterocycles. The molecule has 1 aromatic rings. The van der Waals surface area contributed by atoms with E-state index in [9.17, 15) is 17.6 Å². The quantitative estimate of drug-likeness (QED) is 0.828. The Labute approximate surface area is 136 Å². The fourth-order valence-electron chi connectivity index (χ4n) is 1.86. The smallest absolute Gasteiger partial charge is 0.408 e. The first kappa shape index (κ1) is 19.4. The molecule has 1 atom stereocenters. The third kappa shape index (κ3) is 6.96. The van der Waals surface area contributed by atoms with Gasteiger partial charge >= 0.3 is 6.09 Å². The van der Waals surface area contributed by atoms with E-state index < -0.39 is 40.3 Å². The van der Waals surface area contributed by atoms with Crippen LogP contribution in [0, 0.1) is 5.82 Å². The molecule has 0 aliphatic carbocycles. The maximum Gasteiger partial charge on any atom is 0.408 e. The van der Waals surface area contributed by atoms with Crippen molar-refractivity contribution in [3.63, 3.8) is 0 Å². The van der Waals surface area contributed by atoms with Crippen LogP contribution in [0.1, 0.15) is 44.9 Å². The summed E-state index contributed by atoms with van der Waals surface area (Å²) < 4.78 is 46.0. The lowest BCUT2D eigenvalue weighted by Gasteiger charge is -2.23. The molecule has 0 aliphatic rings. The zero-order chi connectivity index (χ0) is 17.8. The van der Waals surface area contributed by atoms with Crippen molar-refractivity contribution in [3.05, 3.63) is 35.1 Å². The average Bonchev–Trinajstić information content (AvgIpc) is 2.33. The van der Waals surface area contributed by atoms with Gasteiger partial charge in [0.15, 0.2) is 0 Å². The van der Waals surface area contributed by atoms with Gasteiger partial charge in [-0.3, -0.25) is 4.18 Å².